The quantitative estimate of drug-likeness (QED) is 0.543. The number of nitro groups is 1. The highest BCUT2D eigenvalue weighted by Gasteiger charge is 2.38. The summed E-state index contributed by atoms with van der Waals surface area (Å²) >= 11 is 7.01. The molecule has 2 aromatic carbocycles. The molecule has 0 radical (unpaired) electrons. The molecule has 1 heterocycles. The molecule has 0 aliphatic carbocycles. The molecule has 150 valence electrons. The summed E-state index contributed by atoms with van der Waals surface area (Å²) in [5, 5.41) is 14.0. The molecule has 1 aliphatic rings. The molecule has 1 atom stereocenters. The van der Waals surface area contributed by atoms with Crippen molar-refractivity contribution in [3.63, 3.8) is 0 Å². The number of benzene rings is 2. The van der Waals surface area contributed by atoms with Crippen LogP contribution in [0.5, 0.6) is 0 Å². The monoisotopic (exact) mass is 432 g/mol. The predicted molar refractivity (Wildman–Crippen MR) is 114 cm³/mol. The van der Waals surface area contributed by atoms with Crippen molar-refractivity contribution in [2.24, 2.45) is 4.99 Å². The molecule has 0 aromatic heterocycles. The van der Waals surface area contributed by atoms with Crippen LogP contribution >= 0.6 is 23.4 Å². The van der Waals surface area contributed by atoms with Crippen molar-refractivity contribution < 1.29 is 14.5 Å². The molecule has 0 spiro atoms. The molecule has 0 saturated carbocycles. The van der Waals surface area contributed by atoms with E-state index >= 15 is 0 Å². The van der Waals surface area contributed by atoms with Crippen molar-refractivity contribution in [3.05, 3.63) is 63.7 Å². The molecule has 1 unspecified atom stereocenters. The Kier molecular flexibility index (Phi) is 6.50. The van der Waals surface area contributed by atoms with Gasteiger partial charge in [0.1, 0.15) is 5.25 Å². The number of aliphatic imine (C=N–C) groups is 1. The van der Waals surface area contributed by atoms with Gasteiger partial charge < -0.3 is 5.32 Å². The number of carbonyl (C=O) groups excluding carboxylic acids is 2. The Morgan fingerprint density at radius 2 is 2.03 bits per heavy atom. The molecule has 3 rings (SSSR count). The smallest absolute Gasteiger partial charge is 0.271 e. The topological polar surface area (TPSA) is 105 Å². The summed E-state index contributed by atoms with van der Waals surface area (Å²) in [6, 6.07) is 12.6. The number of amides is 2. The number of rotatable bonds is 6. The summed E-state index contributed by atoms with van der Waals surface area (Å²) in [6.45, 7) is 2.19. The van der Waals surface area contributed by atoms with E-state index in [1.54, 1.807) is 37.3 Å². The molecule has 10 heteroatoms. The Bertz CT molecular complexity index is 980. The number of thioether (sulfide) groups is 1. The number of anilines is 1. The Balaban J connectivity index is 1.73. The van der Waals surface area contributed by atoms with Crippen LogP contribution in [-0.2, 0) is 9.59 Å². The fraction of sp³-hybridized carbons (Fsp3) is 0.211. The summed E-state index contributed by atoms with van der Waals surface area (Å²) in [5.74, 6) is -0.515. The third kappa shape index (κ3) is 5.12. The largest absolute Gasteiger partial charge is 0.326 e. The van der Waals surface area contributed by atoms with E-state index in [0.29, 0.717) is 28.1 Å². The van der Waals surface area contributed by atoms with Gasteiger partial charge in [-0.15, -0.1) is 0 Å². The lowest BCUT2D eigenvalue weighted by molar-refractivity contribution is -0.384. The summed E-state index contributed by atoms with van der Waals surface area (Å²) in [5.41, 5.74) is 0.884. The first-order valence-electron chi connectivity index (χ1n) is 8.74. The molecule has 2 amide bonds. The zero-order valence-corrected chi connectivity index (χ0v) is 16.9. The van der Waals surface area contributed by atoms with E-state index in [-0.39, 0.29) is 23.9 Å². The third-order valence-electron chi connectivity index (χ3n) is 4.10. The van der Waals surface area contributed by atoms with E-state index in [1.807, 2.05) is 0 Å². The average Bonchev–Trinajstić information content (AvgIpc) is 2.97. The number of hydrogen-bond donors (Lipinski definition) is 1. The molecule has 1 aliphatic heterocycles. The lowest BCUT2D eigenvalue weighted by atomic mass is 10.2. The summed E-state index contributed by atoms with van der Waals surface area (Å²) < 4.78 is 0. The highest BCUT2D eigenvalue weighted by atomic mass is 35.5. The Labute approximate surface area is 176 Å². The number of halogens is 1. The fourth-order valence-electron chi connectivity index (χ4n) is 2.72. The number of non-ortho nitro benzene ring substituents is 1. The fourth-order valence-corrected chi connectivity index (χ4v) is 4.06. The molecule has 1 N–H and O–H groups in total. The van der Waals surface area contributed by atoms with Crippen molar-refractivity contribution in [2.75, 3.05) is 11.9 Å². The highest BCUT2D eigenvalue weighted by molar-refractivity contribution is 8.15. The lowest BCUT2D eigenvalue weighted by Gasteiger charge is -2.13. The average molecular weight is 433 g/mol. The third-order valence-corrected chi connectivity index (χ3v) is 5.53. The highest BCUT2D eigenvalue weighted by Crippen LogP contribution is 2.32. The van der Waals surface area contributed by atoms with Gasteiger partial charge in [0.25, 0.3) is 5.69 Å². The lowest BCUT2D eigenvalue weighted by Crippen LogP contribution is -2.33. The molecule has 1 fully saturated rings. The molecular weight excluding hydrogens is 416 g/mol. The van der Waals surface area contributed by atoms with Gasteiger partial charge in [0.05, 0.1) is 10.6 Å². The molecular formula is C19H17ClN4O4S. The number of nitrogens with one attached hydrogen (secondary N) is 1. The Hall–Kier alpha value is -2.91. The van der Waals surface area contributed by atoms with Crippen molar-refractivity contribution in [3.8, 4) is 0 Å². The Morgan fingerprint density at radius 1 is 1.31 bits per heavy atom. The predicted octanol–water partition coefficient (Wildman–Crippen LogP) is 4.23. The van der Waals surface area contributed by atoms with Gasteiger partial charge in [-0.25, -0.2) is 4.99 Å². The summed E-state index contributed by atoms with van der Waals surface area (Å²) in [7, 11) is 0. The minimum absolute atomic E-state index is 0.0173. The number of hydrogen-bond acceptors (Lipinski definition) is 6. The maximum Gasteiger partial charge on any atom is 0.271 e. The van der Waals surface area contributed by atoms with Crippen LogP contribution in [0, 0.1) is 10.1 Å². The first-order chi connectivity index (χ1) is 13.9. The van der Waals surface area contributed by atoms with E-state index in [1.165, 1.54) is 34.9 Å². The van der Waals surface area contributed by atoms with E-state index < -0.39 is 10.2 Å². The van der Waals surface area contributed by atoms with E-state index in [4.69, 9.17) is 11.6 Å². The van der Waals surface area contributed by atoms with Crippen molar-refractivity contribution in [1.82, 2.24) is 4.90 Å². The van der Waals surface area contributed by atoms with Crippen LogP contribution in [0.2, 0.25) is 5.02 Å². The molecule has 2 aromatic rings. The van der Waals surface area contributed by atoms with Crippen LogP contribution in [0.4, 0.5) is 17.1 Å². The number of nitro benzene ring substituents is 1. The van der Waals surface area contributed by atoms with Gasteiger partial charge >= 0.3 is 0 Å². The second kappa shape index (κ2) is 9.06. The SMILES string of the molecule is CCN1C(=O)C(CC(=O)Nc2ccc(Cl)cc2)SC1=Nc1cccc([N+](=O)[O-])c1. The molecule has 0 bridgehead atoms. The van der Waals surface area contributed by atoms with Crippen LogP contribution in [0.25, 0.3) is 0 Å². The summed E-state index contributed by atoms with van der Waals surface area (Å²) in [4.78, 5) is 41.3. The summed E-state index contributed by atoms with van der Waals surface area (Å²) in [6.07, 6.45) is -0.0173. The van der Waals surface area contributed by atoms with Crippen LogP contribution in [0.3, 0.4) is 0 Å². The molecule has 1 saturated heterocycles. The number of nitrogens with zero attached hydrogens (tertiary/aromatic N) is 3. The second-order valence-corrected chi connectivity index (χ2v) is 7.73. The first kappa shape index (κ1) is 20.8. The first-order valence-corrected chi connectivity index (χ1v) is 9.99. The Morgan fingerprint density at radius 3 is 2.69 bits per heavy atom. The minimum atomic E-state index is -0.611. The van der Waals surface area contributed by atoms with E-state index in [2.05, 4.69) is 10.3 Å². The van der Waals surface area contributed by atoms with Gasteiger partial charge in [0.15, 0.2) is 5.17 Å². The maximum absolute atomic E-state index is 12.7. The zero-order valence-electron chi connectivity index (χ0n) is 15.4. The number of amidine groups is 1. The van der Waals surface area contributed by atoms with Crippen LogP contribution in [-0.4, -0.2) is 38.6 Å². The van der Waals surface area contributed by atoms with Crippen molar-refractivity contribution in [1.29, 1.82) is 0 Å². The van der Waals surface area contributed by atoms with Gasteiger partial charge in [-0.2, -0.15) is 0 Å². The standard InChI is InChI=1S/C19H17ClN4O4S/c1-2-23-18(26)16(11-17(25)21-13-8-6-12(20)7-9-13)29-19(23)22-14-4-3-5-15(10-14)24(27)28/h3-10,16H,2,11H2,1H3,(H,21,25). The van der Waals surface area contributed by atoms with Gasteiger partial charge in [-0.3, -0.25) is 24.6 Å². The zero-order chi connectivity index (χ0) is 21.0. The maximum atomic E-state index is 12.7. The van der Waals surface area contributed by atoms with Crippen LogP contribution < -0.4 is 5.32 Å². The molecule has 29 heavy (non-hydrogen) atoms. The second-order valence-electron chi connectivity index (χ2n) is 6.12. The van der Waals surface area contributed by atoms with Gasteiger partial charge in [-0.1, -0.05) is 29.4 Å². The normalized spacial score (nSPS) is 17.6. The van der Waals surface area contributed by atoms with Gasteiger partial charge in [0.2, 0.25) is 11.8 Å². The van der Waals surface area contributed by atoms with Crippen molar-refractivity contribution >= 4 is 57.4 Å². The van der Waals surface area contributed by atoms with Crippen LogP contribution in [0.15, 0.2) is 53.5 Å². The van der Waals surface area contributed by atoms with E-state index in [9.17, 15) is 19.7 Å². The minimum Gasteiger partial charge on any atom is -0.326 e. The van der Waals surface area contributed by atoms with Gasteiger partial charge in [0, 0.05) is 35.8 Å². The number of carbonyl (C=O) groups is 2. The van der Waals surface area contributed by atoms with Gasteiger partial charge in [-0.05, 0) is 37.3 Å². The van der Waals surface area contributed by atoms with Crippen LogP contribution in [0.1, 0.15) is 13.3 Å². The molecule has 8 nitrogen and oxygen atoms in total. The van der Waals surface area contributed by atoms with E-state index in [0.717, 1.165) is 0 Å². The van der Waals surface area contributed by atoms with Crippen molar-refractivity contribution in [2.45, 2.75) is 18.6 Å².